The predicted octanol–water partition coefficient (Wildman–Crippen LogP) is 3.40. The maximum Gasteiger partial charge on any atom is 0.191 e. The van der Waals surface area contributed by atoms with E-state index in [4.69, 9.17) is 4.99 Å². The second-order valence-corrected chi connectivity index (χ2v) is 7.11. The highest BCUT2D eigenvalue weighted by Gasteiger charge is 2.25. The molecule has 0 spiro atoms. The van der Waals surface area contributed by atoms with Gasteiger partial charge in [0.15, 0.2) is 11.8 Å². The van der Waals surface area contributed by atoms with Crippen LogP contribution in [0.15, 0.2) is 4.99 Å². The van der Waals surface area contributed by atoms with Gasteiger partial charge >= 0.3 is 0 Å². The number of nitrogens with one attached hydrogen (secondary N) is 2. The molecule has 2 atom stereocenters. The van der Waals surface area contributed by atoms with Crippen LogP contribution in [-0.4, -0.2) is 33.3 Å². The largest absolute Gasteiger partial charge is 0.357 e. The Morgan fingerprint density at radius 3 is 2.48 bits per heavy atom. The van der Waals surface area contributed by atoms with Crippen LogP contribution < -0.4 is 10.6 Å². The molecule has 1 heterocycles. The lowest BCUT2D eigenvalue weighted by Crippen LogP contribution is -2.46. The molecule has 144 valence electrons. The van der Waals surface area contributed by atoms with Crippen LogP contribution in [0.3, 0.4) is 0 Å². The molecule has 1 aromatic rings. The lowest BCUT2D eigenvalue weighted by atomic mass is 9.78. The molecule has 0 radical (unpaired) electrons. The van der Waals surface area contributed by atoms with Crippen LogP contribution in [0.1, 0.15) is 64.5 Å². The van der Waals surface area contributed by atoms with Gasteiger partial charge in [-0.15, -0.1) is 34.2 Å². The third kappa shape index (κ3) is 6.42. The third-order valence-corrected chi connectivity index (χ3v) is 5.45. The first-order valence-electron chi connectivity index (χ1n) is 9.42. The Labute approximate surface area is 169 Å². The van der Waals surface area contributed by atoms with Crippen LogP contribution in [0.5, 0.6) is 0 Å². The standard InChI is InChI=1S/C18H34N6.HI/c1-6-19-18(20-12-17-23-22-15(4)24(17)5)21-14(3)13(2)16-10-8-7-9-11-16;/h13-14,16H,6-12H2,1-5H3,(H2,19,20,21);1H. The SMILES string of the molecule is CCNC(=NCc1nnc(C)n1C)NC(C)C(C)C1CCCCC1.I. The van der Waals surface area contributed by atoms with Gasteiger partial charge in [0.05, 0.1) is 0 Å². The summed E-state index contributed by atoms with van der Waals surface area (Å²) in [6, 6.07) is 0.409. The zero-order valence-corrected chi connectivity index (χ0v) is 18.7. The smallest absolute Gasteiger partial charge is 0.191 e. The number of aliphatic imine (C=N–C) groups is 1. The van der Waals surface area contributed by atoms with Crippen molar-refractivity contribution in [1.82, 2.24) is 25.4 Å². The van der Waals surface area contributed by atoms with Gasteiger partial charge in [-0.05, 0) is 32.6 Å². The van der Waals surface area contributed by atoms with Crippen molar-refractivity contribution < 1.29 is 0 Å². The highest BCUT2D eigenvalue weighted by molar-refractivity contribution is 14.0. The molecule has 0 aromatic carbocycles. The van der Waals surface area contributed by atoms with Crippen LogP contribution >= 0.6 is 24.0 Å². The zero-order chi connectivity index (χ0) is 17.5. The minimum Gasteiger partial charge on any atom is -0.357 e. The summed E-state index contributed by atoms with van der Waals surface area (Å²) in [7, 11) is 1.98. The van der Waals surface area contributed by atoms with E-state index in [1.54, 1.807) is 0 Å². The summed E-state index contributed by atoms with van der Waals surface area (Å²) in [5.41, 5.74) is 0. The molecule has 0 amide bonds. The number of aryl methyl sites for hydroxylation is 1. The molecule has 25 heavy (non-hydrogen) atoms. The molecule has 7 heteroatoms. The Morgan fingerprint density at radius 1 is 1.24 bits per heavy atom. The molecule has 1 aliphatic rings. The topological polar surface area (TPSA) is 67.1 Å². The van der Waals surface area contributed by atoms with E-state index >= 15 is 0 Å². The van der Waals surface area contributed by atoms with Crippen molar-refractivity contribution in [3.8, 4) is 0 Å². The Bertz CT molecular complexity index is 536. The Balaban J connectivity index is 0.00000312. The van der Waals surface area contributed by atoms with Crippen molar-refractivity contribution in [3.63, 3.8) is 0 Å². The summed E-state index contributed by atoms with van der Waals surface area (Å²) in [6.45, 7) is 10.1. The third-order valence-electron chi connectivity index (χ3n) is 5.45. The molecule has 1 fully saturated rings. The highest BCUT2D eigenvalue weighted by atomic mass is 127. The van der Waals surface area contributed by atoms with E-state index in [-0.39, 0.29) is 24.0 Å². The van der Waals surface area contributed by atoms with Crippen molar-refractivity contribution in [3.05, 3.63) is 11.6 Å². The molecule has 0 saturated heterocycles. The van der Waals surface area contributed by atoms with E-state index < -0.39 is 0 Å². The number of rotatable bonds is 6. The van der Waals surface area contributed by atoms with Crippen molar-refractivity contribution >= 4 is 29.9 Å². The van der Waals surface area contributed by atoms with Gasteiger partial charge in [0.1, 0.15) is 12.4 Å². The van der Waals surface area contributed by atoms with Crippen molar-refractivity contribution in [1.29, 1.82) is 0 Å². The average Bonchev–Trinajstić information content (AvgIpc) is 2.91. The maximum absolute atomic E-state index is 4.70. The average molecular weight is 462 g/mol. The molecule has 2 N–H and O–H groups in total. The van der Waals surface area contributed by atoms with Gasteiger partial charge in [-0.1, -0.05) is 39.0 Å². The quantitative estimate of drug-likeness (QED) is 0.387. The molecule has 2 rings (SSSR count). The van der Waals surface area contributed by atoms with E-state index in [9.17, 15) is 0 Å². The minimum atomic E-state index is 0. The van der Waals surface area contributed by atoms with E-state index in [2.05, 4.69) is 41.6 Å². The van der Waals surface area contributed by atoms with Gasteiger partial charge < -0.3 is 15.2 Å². The van der Waals surface area contributed by atoms with Crippen LogP contribution in [0, 0.1) is 18.8 Å². The fraction of sp³-hybridized carbons (Fsp3) is 0.833. The molecular formula is C18H35IN6. The molecule has 2 unspecified atom stereocenters. The first-order valence-corrected chi connectivity index (χ1v) is 9.42. The highest BCUT2D eigenvalue weighted by Crippen LogP contribution is 2.31. The van der Waals surface area contributed by atoms with E-state index in [1.807, 2.05) is 18.5 Å². The van der Waals surface area contributed by atoms with Crippen LogP contribution in [-0.2, 0) is 13.6 Å². The van der Waals surface area contributed by atoms with Crippen molar-refractivity contribution in [2.45, 2.75) is 72.4 Å². The summed E-state index contributed by atoms with van der Waals surface area (Å²) in [6.07, 6.45) is 6.94. The predicted molar refractivity (Wildman–Crippen MR) is 114 cm³/mol. The first-order chi connectivity index (χ1) is 11.5. The normalized spacial score (nSPS) is 18.4. The molecule has 6 nitrogen and oxygen atoms in total. The van der Waals surface area contributed by atoms with Crippen molar-refractivity contribution in [2.24, 2.45) is 23.9 Å². The number of hydrogen-bond acceptors (Lipinski definition) is 3. The second kappa shape index (κ2) is 11.0. The van der Waals surface area contributed by atoms with E-state index in [0.29, 0.717) is 18.5 Å². The van der Waals surface area contributed by atoms with Crippen molar-refractivity contribution in [2.75, 3.05) is 6.54 Å². The summed E-state index contributed by atoms with van der Waals surface area (Å²) < 4.78 is 1.99. The fourth-order valence-corrected chi connectivity index (χ4v) is 3.47. The zero-order valence-electron chi connectivity index (χ0n) is 16.4. The maximum atomic E-state index is 4.70. The van der Waals surface area contributed by atoms with Crippen LogP contribution in [0.25, 0.3) is 0 Å². The lowest BCUT2D eigenvalue weighted by molar-refractivity contribution is 0.229. The van der Waals surface area contributed by atoms with Gasteiger partial charge in [0.25, 0.3) is 0 Å². The number of hydrogen-bond donors (Lipinski definition) is 2. The molecule has 1 aromatic heterocycles. The fourth-order valence-electron chi connectivity index (χ4n) is 3.47. The summed E-state index contributed by atoms with van der Waals surface area (Å²) >= 11 is 0. The van der Waals surface area contributed by atoms with Gasteiger partial charge in [0, 0.05) is 19.6 Å². The molecule has 0 aliphatic heterocycles. The van der Waals surface area contributed by atoms with Gasteiger partial charge in [-0.2, -0.15) is 0 Å². The molecular weight excluding hydrogens is 427 g/mol. The Kier molecular flexibility index (Phi) is 9.74. The number of guanidine groups is 1. The van der Waals surface area contributed by atoms with Gasteiger partial charge in [-0.25, -0.2) is 4.99 Å². The molecule has 1 aliphatic carbocycles. The summed E-state index contributed by atoms with van der Waals surface area (Å²) in [4.78, 5) is 4.70. The Morgan fingerprint density at radius 2 is 1.92 bits per heavy atom. The summed E-state index contributed by atoms with van der Waals surface area (Å²) in [5, 5.41) is 15.2. The molecule has 0 bridgehead atoms. The van der Waals surface area contributed by atoms with E-state index in [1.165, 1.54) is 32.1 Å². The summed E-state index contributed by atoms with van der Waals surface area (Å²) in [5.74, 6) is 4.17. The van der Waals surface area contributed by atoms with Crippen LogP contribution in [0.2, 0.25) is 0 Å². The van der Waals surface area contributed by atoms with E-state index in [0.717, 1.165) is 30.1 Å². The molecule has 1 saturated carbocycles. The second-order valence-electron chi connectivity index (χ2n) is 7.11. The van der Waals surface area contributed by atoms with Crippen LogP contribution in [0.4, 0.5) is 0 Å². The van der Waals surface area contributed by atoms with Gasteiger partial charge in [-0.3, -0.25) is 0 Å². The number of nitrogens with zero attached hydrogens (tertiary/aromatic N) is 4. The number of aromatic nitrogens is 3. The van der Waals surface area contributed by atoms with Gasteiger partial charge in [0.2, 0.25) is 0 Å². The first kappa shape index (κ1) is 22.2. The minimum absolute atomic E-state index is 0. The number of halogens is 1. The monoisotopic (exact) mass is 462 g/mol. The lowest BCUT2D eigenvalue weighted by Gasteiger charge is -2.32. The Hall–Kier alpha value is -0.860.